The minimum absolute atomic E-state index is 0.234. The highest BCUT2D eigenvalue weighted by atomic mass is 35.5. The van der Waals surface area contributed by atoms with Crippen LogP contribution in [0.4, 0.5) is 4.79 Å². The summed E-state index contributed by atoms with van der Waals surface area (Å²) in [6, 6.07) is 6.51. The zero-order valence-electron chi connectivity index (χ0n) is 7.50. The van der Waals surface area contributed by atoms with E-state index < -0.39 is 18.1 Å². The summed E-state index contributed by atoms with van der Waals surface area (Å²) in [5, 5.41) is 17.4. The molecule has 0 radical (unpaired) electrons. The summed E-state index contributed by atoms with van der Waals surface area (Å²) < 4.78 is 0.234. The van der Waals surface area contributed by atoms with Gasteiger partial charge in [0.2, 0.25) is 0 Å². The van der Waals surface area contributed by atoms with Crippen LogP contribution in [0.2, 0.25) is 0 Å². The highest BCUT2D eigenvalue weighted by Gasteiger charge is 2.29. The van der Waals surface area contributed by atoms with Crippen molar-refractivity contribution in [3.8, 4) is 0 Å². The van der Waals surface area contributed by atoms with Crippen molar-refractivity contribution in [2.45, 2.75) is 6.04 Å². The quantitative estimate of drug-likeness (QED) is 0.777. The van der Waals surface area contributed by atoms with Crippen molar-refractivity contribution in [1.82, 2.24) is 4.42 Å². The van der Waals surface area contributed by atoms with Crippen LogP contribution in [0.3, 0.4) is 0 Å². The fourth-order valence-electron chi connectivity index (χ4n) is 1.12. The van der Waals surface area contributed by atoms with Gasteiger partial charge in [-0.25, -0.2) is 14.0 Å². The summed E-state index contributed by atoms with van der Waals surface area (Å²) in [6.45, 7) is 0. The fourth-order valence-corrected chi connectivity index (χ4v) is 1.31. The summed E-state index contributed by atoms with van der Waals surface area (Å²) in [6.07, 6.45) is -1.51. The van der Waals surface area contributed by atoms with E-state index in [1.807, 2.05) is 0 Å². The molecule has 0 aliphatic rings. The Bertz CT molecular complexity index is 368. The number of nitrogens with zero attached hydrogens (tertiary/aromatic N) is 1. The Morgan fingerprint density at radius 2 is 1.73 bits per heavy atom. The number of benzene rings is 1. The molecule has 80 valence electrons. The molecule has 1 atom stereocenters. The molecule has 1 aromatic carbocycles. The second-order valence-corrected chi connectivity index (χ2v) is 3.11. The van der Waals surface area contributed by atoms with Crippen LogP contribution in [0.5, 0.6) is 0 Å². The number of rotatable bonds is 3. The summed E-state index contributed by atoms with van der Waals surface area (Å²) >= 11 is 5.36. The van der Waals surface area contributed by atoms with E-state index in [1.165, 1.54) is 12.1 Å². The highest BCUT2D eigenvalue weighted by Crippen LogP contribution is 2.22. The predicted octanol–water partition coefficient (Wildman–Crippen LogP) is 1.95. The molecule has 0 aromatic heterocycles. The van der Waals surface area contributed by atoms with Crippen molar-refractivity contribution >= 4 is 23.8 Å². The smallest absolute Gasteiger partial charge is 0.423 e. The lowest BCUT2D eigenvalue weighted by molar-refractivity contribution is -0.141. The van der Waals surface area contributed by atoms with Crippen LogP contribution in [0, 0.1) is 0 Å². The van der Waals surface area contributed by atoms with Gasteiger partial charge in [-0.05, 0) is 5.56 Å². The Kier molecular flexibility index (Phi) is 3.51. The second-order valence-electron chi connectivity index (χ2n) is 2.75. The maximum absolute atomic E-state index is 10.9. The fraction of sp³-hybridized carbons (Fsp3) is 0.111. The van der Waals surface area contributed by atoms with Gasteiger partial charge < -0.3 is 10.2 Å². The van der Waals surface area contributed by atoms with E-state index in [0.717, 1.165) is 0 Å². The summed E-state index contributed by atoms with van der Waals surface area (Å²) in [7, 11) is 0. The highest BCUT2D eigenvalue weighted by molar-refractivity contribution is 6.21. The molecule has 1 aromatic rings. The molecule has 6 heteroatoms. The monoisotopic (exact) mass is 229 g/mol. The molecule has 0 saturated heterocycles. The average molecular weight is 230 g/mol. The van der Waals surface area contributed by atoms with Crippen molar-refractivity contribution < 1.29 is 19.8 Å². The number of carboxylic acid groups (broad SMARTS) is 2. The van der Waals surface area contributed by atoms with Crippen molar-refractivity contribution in [2.75, 3.05) is 0 Å². The molecule has 1 unspecified atom stereocenters. The van der Waals surface area contributed by atoms with Crippen LogP contribution >= 0.6 is 11.8 Å². The second kappa shape index (κ2) is 4.65. The zero-order chi connectivity index (χ0) is 11.4. The van der Waals surface area contributed by atoms with Gasteiger partial charge >= 0.3 is 12.1 Å². The number of amides is 1. The Morgan fingerprint density at radius 3 is 2.13 bits per heavy atom. The lowest BCUT2D eigenvalue weighted by Gasteiger charge is -2.18. The number of carbonyl (C=O) groups is 2. The third-order valence-electron chi connectivity index (χ3n) is 1.76. The molecule has 0 saturated carbocycles. The van der Waals surface area contributed by atoms with Crippen molar-refractivity contribution in [1.29, 1.82) is 0 Å². The molecule has 0 spiro atoms. The SMILES string of the molecule is O=C(O)C(c1ccccc1)N(Cl)C(=O)O. The van der Waals surface area contributed by atoms with E-state index in [4.69, 9.17) is 22.0 Å². The van der Waals surface area contributed by atoms with E-state index in [0.29, 0.717) is 5.56 Å². The Labute approximate surface area is 90.6 Å². The minimum Gasteiger partial charge on any atom is -0.479 e. The first kappa shape index (κ1) is 11.3. The number of hydrogen-bond acceptors (Lipinski definition) is 2. The molecule has 5 nitrogen and oxygen atoms in total. The van der Waals surface area contributed by atoms with Gasteiger partial charge in [-0.2, -0.15) is 0 Å². The third kappa shape index (κ3) is 2.60. The van der Waals surface area contributed by atoms with Gasteiger partial charge in [-0.1, -0.05) is 30.3 Å². The molecule has 0 fully saturated rings. The Hall–Kier alpha value is -1.75. The molecule has 0 bridgehead atoms. The van der Waals surface area contributed by atoms with Gasteiger partial charge in [-0.15, -0.1) is 0 Å². The van der Waals surface area contributed by atoms with Gasteiger partial charge in [0.25, 0.3) is 0 Å². The summed E-state index contributed by atoms with van der Waals surface area (Å²) in [5.41, 5.74) is 0.308. The average Bonchev–Trinajstić information content (AvgIpc) is 2.18. The van der Waals surface area contributed by atoms with Crippen molar-refractivity contribution in [3.63, 3.8) is 0 Å². The maximum atomic E-state index is 10.9. The normalized spacial score (nSPS) is 11.8. The molecule has 15 heavy (non-hydrogen) atoms. The zero-order valence-corrected chi connectivity index (χ0v) is 8.26. The van der Waals surface area contributed by atoms with Crippen LogP contribution in [-0.4, -0.2) is 26.7 Å². The van der Waals surface area contributed by atoms with E-state index in [2.05, 4.69) is 0 Å². The topological polar surface area (TPSA) is 77.8 Å². The Balaban J connectivity index is 3.04. The number of hydrogen-bond donors (Lipinski definition) is 2. The molecule has 1 rings (SSSR count). The van der Waals surface area contributed by atoms with Gasteiger partial charge in [0.05, 0.1) is 0 Å². The molecule has 0 aliphatic carbocycles. The molecule has 0 heterocycles. The van der Waals surface area contributed by atoms with Gasteiger partial charge in [0.15, 0.2) is 6.04 Å². The van der Waals surface area contributed by atoms with E-state index >= 15 is 0 Å². The third-order valence-corrected chi connectivity index (χ3v) is 2.10. The molecule has 1 amide bonds. The lowest BCUT2D eigenvalue weighted by Crippen LogP contribution is -2.30. The van der Waals surface area contributed by atoms with Gasteiger partial charge in [0.1, 0.15) is 0 Å². The first-order valence-corrected chi connectivity index (χ1v) is 4.33. The first-order valence-electron chi connectivity index (χ1n) is 3.99. The molecular formula is C9H8ClNO4. The summed E-state index contributed by atoms with van der Waals surface area (Å²) in [5.74, 6) is -1.32. The van der Waals surface area contributed by atoms with E-state index in [-0.39, 0.29) is 4.42 Å². The first-order chi connectivity index (χ1) is 7.04. The van der Waals surface area contributed by atoms with Crippen molar-refractivity contribution in [3.05, 3.63) is 35.9 Å². The largest absolute Gasteiger partial charge is 0.479 e. The van der Waals surface area contributed by atoms with E-state index in [1.54, 1.807) is 18.2 Å². The van der Waals surface area contributed by atoms with E-state index in [9.17, 15) is 9.59 Å². The summed E-state index contributed by atoms with van der Waals surface area (Å²) in [4.78, 5) is 21.4. The van der Waals surface area contributed by atoms with Gasteiger partial charge in [0, 0.05) is 11.8 Å². The number of aliphatic carboxylic acids is 1. The lowest BCUT2D eigenvalue weighted by atomic mass is 10.1. The maximum Gasteiger partial charge on any atom is 0.423 e. The standard InChI is InChI=1S/C9H8ClNO4/c10-11(9(14)15)7(8(12)13)6-4-2-1-3-5-6/h1-5,7H,(H,12,13)(H,14,15). The predicted molar refractivity (Wildman–Crippen MR) is 52.5 cm³/mol. The minimum atomic E-state index is -1.51. The number of carboxylic acids is 1. The van der Waals surface area contributed by atoms with Crippen LogP contribution < -0.4 is 0 Å². The van der Waals surface area contributed by atoms with Crippen LogP contribution in [0.25, 0.3) is 0 Å². The van der Waals surface area contributed by atoms with Crippen LogP contribution in [-0.2, 0) is 4.79 Å². The van der Waals surface area contributed by atoms with Crippen LogP contribution in [0.1, 0.15) is 11.6 Å². The molecular weight excluding hydrogens is 222 g/mol. The van der Waals surface area contributed by atoms with Crippen LogP contribution in [0.15, 0.2) is 30.3 Å². The van der Waals surface area contributed by atoms with Gasteiger partial charge in [-0.3, -0.25) is 0 Å². The number of halogens is 1. The Morgan fingerprint density at radius 1 is 1.20 bits per heavy atom. The molecule has 2 N–H and O–H groups in total. The molecule has 0 aliphatic heterocycles. The van der Waals surface area contributed by atoms with Crippen molar-refractivity contribution in [2.24, 2.45) is 0 Å².